The van der Waals surface area contributed by atoms with Crippen molar-refractivity contribution in [3.05, 3.63) is 77.3 Å². The number of nitrogens with zero attached hydrogens (tertiary/aromatic N) is 1. The standard InChI is InChI=1S/C22H22ClNO2S/c23-21-10-11-22(20-9-5-4-8-19(20)21)27(25,26)24-14-12-18(13-15-24)16-17-6-2-1-3-7-17/h1-11,18H,12-16H2. The summed E-state index contributed by atoms with van der Waals surface area (Å²) in [6.07, 6.45) is 2.79. The molecule has 0 amide bonds. The SMILES string of the molecule is O=S(=O)(c1ccc(Cl)c2ccccc12)N1CCC(Cc2ccccc2)CC1. The molecule has 0 radical (unpaired) electrons. The number of hydrogen-bond acceptors (Lipinski definition) is 2. The van der Waals surface area contributed by atoms with Crippen molar-refractivity contribution in [2.75, 3.05) is 13.1 Å². The first-order valence-corrected chi connectivity index (χ1v) is 11.1. The first-order chi connectivity index (χ1) is 13.1. The van der Waals surface area contributed by atoms with Crippen molar-refractivity contribution < 1.29 is 8.42 Å². The Hall–Kier alpha value is -1.88. The summed E-state index contributed by atoms with van der Waals surface area (Å²) in [7, 11) is -3.53. The van der Waals surface area contributed by atoms with Gasteiger partial charge in [-0.3, -0.25) is 0 Å². The summed E-state index contributed by atoms with van der Waals surface area (Å²) in [6.45, 7) is 1.13. The van der Waals surface area contributed by atoms with Crippen molar-refractivity contribution >= 4 is 32.4 Å². The van der Waals surface area contributed by atoms with Gasteiger partial charge >= 0.3 is 0 Å². The third-order valence-electron chi connectivity index (χ3n) is 5.39. The normalized spacial score (nSPS) is 16.6. The van der Waals surface area contributed by atoms with Gasteiger partial charge < -0.3 is 0 Å². The van der Waals surface area contributed by atoms with Crippen molar-refractivity contribution in [3.63, 3.8) is 0 Å². The van der Waals surface area contributed by atoms with Crippen LogP contribution >= 0.6 is 11.6 Å². The maximum atomic E-state index is 13.3. The zero-order chi connectivity index (χ0) is 18.9. The van der Waals surface area contributed by atoms with Gasteiger partial charge in [-0.2, -0.15) is 4.31 Å². The summed E-state index contributed by atoms with van der Waals surface area (Å²) in [6, 6.07) is 21.2. The van der Waals surface area contributed by atoms with Gasteiger partial charge in [0, 0.05) is 28.9 Å². The molecular weight excluding hydrogens is 378 g/mol. The number of benzene rings is 3. The van der Waals surface area contributed by atoms with Crippen molar-refractivity contribution in [1.82, 2.24) is 4.31 Å². The molecule has 140 valence electrons. The fourth-order valence-electron chi connectivity index (χ4n) is 3.90. The van der Waals surface area contributed by atoms with E-state index in [9.17, 15) is 8.42 Å². The van der Waals surface area contributed by atoms with E-state index >= 15 is 0 Å². The van der Waals surface area contributed by atoms with Crippen LogP contribution in [0.5, 0.6) is 0 Å². The largest absolute Gasteiger partial charge is 0.243 e. The topological polar surface area (TPSA) is 37.4 Å². The summed E-state index contributed by atoms with van der Waals surface area (Å²) >= 11 is 6.25. The van der Waals surface area contributed by atoms with Crippen LogP contribution in [0.3, 0.4) is 0 Å². The van der Waals surface area contributed by atoms with E-state index in [0.717, 1.165) is 24.6 Å². The maximum Gasteiger partial charge on any atom is 0.243 e. The lowest BCUT2D eigenvalue weighted by Gasteiger charge is -2.31. The van der Waals surface area contributed by atoms with Gasteiger partial charge in [0.1, 0.15) is 0 Å². The molecule has 1 heterocycles. The monoisotopic (exact) mass is 399 g/mol. The molecule has 0 aromatic heterocycles. The van der Waals surface area contributed by atoms with Crippen LogP contribution in [-0.4, -0.2) is 25.8 Å². The minimum Gasteiger partial charge on any atom is -0.207 e. The van der Waals surface area contributed by atoms with Gasteiger partial charge in [-0.05, 0) is 42.9 Å². The predicted molar refractivity (Wildman–Crippen MR) is 111 cm³/mol. The Kier molecular flexibility index (Phi) is 5.22. The van der Waals surface area contributed by atoms with E-state index in [2.05, 4.69) is 24.3 Å². The van der Waals surface area contributed by atoms with E-state index in [4.69, 9.17) is 11.6 Å². The maximum absolute atomic E-state index is 13.3. The van der Waals surface area contributed by atoms with Crippen LogP contribution in [0.15, 0.2) is 71.6 Å². The van der Waals surface area contributed by atoms with Crippen molar-refractivity contribution in [2.45, 2.75) is 24.2 Å². The van der Waals surface area contributed by atoms with Crippen LogP contribution in [-0.2, 0) is 16.4 Å². The van der Waals surface area contributed by atoms with E-state index in [1.165, 1.54) is 5.56 Å². The highest BCUT2D eigenvalue weighted by Gasteiger charge is 2.30. The molecule has 1 aliphatic rings. The molecule has 1 fully saturated rings. The molecule has 0 unspecified atom stereocenters. The number of rotatable bonds is 4. The molecule has 0 atom stereocenters. The Bertz CT molecular complexity index is 1040. The smallest absolute Gasteiger partial charge is 0.207 e. The first-order valence-electron chi connectivity index (χ1n) is 9.27. The molecule has 0 N–H and O–H groups in total. The van der Waals surface area contributed by atoms with Gasteiger partial charge in [0.05, 0.1) is 4.90 Å². The Morgan fingerprint density at radius 1 is 0.852 bits per heavy atom. The van der Waals surface area contributed by atoms with E-state index in [0.29, 0.717) is 34.3 Å². The van der Waals surface area contributed by atoms with Gasteiger partial charge in [0.2, 0.25) is 10.0 Å². The van der Waals surface area contributed by atoms with E-state index < -0.39 is 10.0 Å². The molecule has 4 rings (SSSR count). The Balaban J connectivity index is 1.54. The minimum atomic E-state index is -3.53. The molecule has 3 aromatic rings. The molecule has 1 aliphatic heterocycles. The third kappa shape index (κ3) is 3.75. The highest BCUT2D eigenvalue weighted by Crippen LogP contribution is 2.32. The molecule has 0 aliphatic carbocycles. The average molecular weight is 400 g/mol. The van der Waals surface area contributed by atoms with Crippen molar-refractivity contribution in [3.8, 4) is 0 Å². The Morgan fingerprint density at radius 3 is 2.19 bits per heavy atom. The number of halogens is 1. The quantitative estimate of drug-likeness (QED) is 0.609. The zero-order valence-electron chi connectivity index (χ0n) is 15.0. The average Bonchev–Trinajstić information content (AvgIpc) is 2.69. The summed E-state index contributed by atoms with van der Waals surface area (Å²) in [5.41, 5.74) is 1.32. The van der Waals surface area contributed by atoms with Crippen LogP contribution in [0.25, 0.3) is 10.8 Å². The molecule has 3 nitrogen and oxygen atoms in total. The summed E-state index contributed by atoms with van der Waals surface area (Å²) in [5.74, 6) is 0.529. The summed E-state index contributed by atoms with van der Waals surface area (Å²) in [4.78, 5) is 0.351. The highest BCUT2D eigenvalue weighted by molar-refractivity contribution is 7.89. The van der Waals surface area contributed by atoms with Crippen LogP contribution in [0, 0.1) is 5.92 Å². The molecule has 5 heteroatoms. The first kappa shape index (κ1) is 18.5. The lowest BCUT2D eigenvalue weighted by Crippen LogP contribution is -2.38. The molecule has 3 aromatic carbocycles. The van der Waals surface area contributed by atoms with Crippen molar-refractivity contribution in [2.24, 2.45) is 5.92 Å². The Labute approximate surface area is 165 Å². The minimum absolute atomic E-state index is 0.351. The number of piperidine rings is 1. The highest BCUT2D eigenvalue weighted by atomic mass is 35.5. The second kappa shape index (κ2) is 7.63. The van der Waals surface area contributed by atoms with Crippen LogP contribution in [0.1, 0.15) is 18.4 Å². The molecule has 0 saturated carbocycles. The second-order valence-electron chi connectivity index (χ2n) is 7.13. The fraction of sp³-hybridized carbons (Fsp3) is 0.273. The van der Waals surface area contributed by atoms with E-state index in [1.807, 2.05) is 30.3 Å². The molecule has 0 spiro atoms. The van der Waals surface area contributed by atoms with Gasteiger partial charge in [-0.25, -0.2) is 8.42 Å². The van der Waals surface area contributed by atoms with E-state index in [-0.39, 0.29) is 0 Å². The van der Waals surface area contributed by atoms with Crippen molar-refractivity contribution in [1.29, 1.82) is 0 Å². The molecule has 0 bridgehead atoms. The summed E-state index contributed by atoms with van der Waals surface area (Å²) in [5, 5.41) is 2.04. The molecule has 1 saturated heterocycles. The third-order valence-corrected chi connectivity index (χ3v) is 7.68. The summed E-state index contributed by atoms with van der Waals surface area (Å²) < 4.78 is 28.1. The Morgan fingerprint density at radius 2 is 1.48 bits per heavy atom. The van der Waals surface area contributed by atoms with E-state index in [1.54, 1.807) is 16.4 Å². The lowest BCUT2D eigenvalue weighted by atomic mass is 9.91. The lowest BCUT2D eigenvalue weighted by molar-refractivity contribution is 0.273. The van der Waals surface area contributed by atoms with Crippen LogP contribution in [0.2, 0.25) is 5.02 Å². The molecular formula is C22H22ClNO2S. The van der Waals surface area contributed by atoms with Crippen LogP contribution in [0.4, 0.5) is 0 Å². The predicted octanol–water partition coefficient (Wildman–Crippen LogP) is 5.14. The zero-order valence-corrected chi connectivity index (χ0v) is 16.6. The number of fused-ring (bicyclic) bond motifs is 1. The number of sulfonamides is 1. The second-order valence-corrected chi connectivity index (χ2v) is 9.44. The van der Waals surface area contributed by atoms with Gasteiger partial charge in [-0.15, -0.1) is 0 Å². The van der Waals surface area contributed by atoms with Gasteiger partial charge in [0.15, 0.2) is 0 Å². The number of hydrogen-bond donors (Lipinski definition) is 0. The van der Waals surface area contributed by atoms with Gasteiger partial charge in [-0.1, -0.05) is 66.2 Å². The van der Waals surface area contributed by atoms with Crippen LogP contribution < -0.4 is 0 Å². The molecule has 27 heavy (non-hydrogen) atoms. The fourth-order valence-corrected chi connectivity index (χ4v) is 5.79. The van der Waals surface area contributed by atoms with Gasteiger partial charge in [0.25, 0.3) is 0 Å².